The van der Waals surface area contributed by atoms with Crippen LogP contribution in [0.15, 0.2) is 241 Å². The second kappa shape index (κ2) is 15.6. The van der Waals surface area contributed by atoms with Crippen LogP contribution in [0.25, 0.3) is 88.7 Å². The van der Waals surface area contributed by atoms with Gasteiger partial charge in [-0.15, -0.1) is 0 Å². The molecule has 0 saturated carbocycles. The summed E-state index contributed by atoms with van der Waals surface area (Å²) in [6, 6.07) is 85.7. The van der Waals surface area contributed by atoms with Crippen molar-refractivity contribution in [1.82, 2.24) is 0 Å². The quantitative estimate of drug-likeness (QED) is 0.152. The van der Waals surface area contributed by atoms with Crippen LogP contribution in [0, 0.1) is 0 Å². The number of furan rings is 1. The summed E-state index contributed by atoms with van der Waals surface area (Å²) in [7, 11) is 0. The van der Waals surface area contributed by atoms with Crippen LogP contribution in [0.1, 0.15) is 25.0 Å². The Kier molecular flexibility index (Phi) is 9.21. The van der Waals surface area contributed by atoms with Gasteiger partial charge in [-0.3, -0.25) is 0 Å². The van der Waals surface area contributed by atoms with Crippen LogP contribution in [0.2, 0.25) is 0 Å². The van der Waals surface area contributed by atoms with Crippen LogP contribution in [-0.4, -0.2) is 0 Å². The first-order valence-electron chi connectivity index (χ1n) is 22.5. The Balaban J connectivity index is 0.839. The highest BCUT2D eigenvalue weighted by Crippen LogP contribution is 2.50. The van der Waals surface area contributed by atoms with Crippen molar-refractivity contribution in [3.8, 4) is 66.8 Å². The molecule has 0 bridgehead atoms. The van der Waals surface area contributed by atoms with Crippen molar-refractivity contribution in [1.29, 1.82) is 0 Å². The van der Waals surface area contributed by atoms with Gasteiger partial charge >= 0.3 is 0 Å². The van der Waals surface area contributed by atoms with Crippen LogP contribution in [0.4, 0.5) is 17.1 Å². The molecule has 0 amide bonds. The maximum Gasteiger partial charge on any atom is 0.143 e. The van der Waals surface area contributed by atoms with E-state index in [2.05, 4.69) is 243 Å². The molecule has 11 aromatic rings. The third-order valence-corrected chi connectivity index (χ3v) is 13.5. The van der Waals surface area contributed by atoms with E-state index >= 15 is 0 Å². The number of fused-ring (bicyclic) bond motifs is 6. The largest absolute Gasteiger partial charge is 0.455 e. The number of anilines is 3. The molecule has 1 heterocycles. The molecule has 2 heteroatoms. The molecule has 308 valence electrons. The standard InChI is InChI=1S/C63H45NO/c1-63(2)59-20-8-6-16-55(59)58-41-50(32-39-60(58)63)49-15-10-14-48(40-49)46-24-22-43(23-25-46)45-28-35-52(36-29-45)64(51-33-26-44(27-34-51)42-12-4-3-5-13-42)53-37-30-47(31-38-53)54-18-11-19-57-56-17-7-9-21-61(56)65-62(54)57/h3-41H,1-2H3. The second-order valence-corrected chi connectivity index (χ2v) is 17.7. The summed E-state index contributed by atoms with van der Waals surface area (Å²) >= 11 is 0. The number of hydrogen-bond donors (Lipinski definition) is 0. The van der Waals surface area contributed by atoms with Gasteiger partial charge in [0, 0.05) is 38.8 Å². The molecule has 0 spiro atoms. The number of nitrogens with zero attached hydrogens (tertiary/aromatic N) is 1. The van der Waals surface area contributed by atoms with E-state index in [1.807, 2.05) is 12.1 Å². The van der Waals surface area contributed by atoms with Gasteiger partial charge in [0.1, 0.15) is 11.2 Å². The summed E-state index contributed by atoms with van der Waals surface area (Å²) in [6.45, 7) is 4.67. The fourth-order valence-corrected chi connectivity index (χ4v) is 10.1. The first-order valence-corrected chi connectivity index (χ1v) is 22.5. The number of benzene rings is 10. The van der Waals surface area contributed by atoms with Gasteiger partial charge in [-0.2, -0.15) is 0 Å². The topological polar surface area (TPSA) is 16.4 Å². The Morgan fingerprint density at radius 3 is 1.42 bits per heavy atom. The van der Waals surface area contributed by atoms with Crippen molar-refractivity contribution >= 4 is 39.0 Å². The molecule has 10 aromatic carbocycles. The molecule has 0 unspecified atom stereocenters. The lowest BCUT2D eigenvalue weighted by Crippen LogP contribution is -2.14. The highest BCUT2D eigenvalue weighted by atomic mass is 16.3. The fourth-order valence-electron chi connectivity index (χ4n) is 10.1. The lowest BCUT2D eigenvalue weighted by Gasteiger charge is -2.26. The van der Waals surface area contributed by atoms with Gasteiger partial charge in [0.2, 0.25) is 0 Å². The minimum absolute atomic E-state index is 0.00354. The Bertz CT molecular complexity index is 3520. The Morgan fingerprint density at radius 2 is 0.738 bits per heavy atom. The molecule has 12 rings (SSSR count). The Morgan fingerprint density at radius 1 is 0.308 bits per heavy atom. The average Bonchev–Trinajstić information content (AvgIpc) is 3.87. The molecule has 0 atom stereocenters. The van der Waals surface area contributed by atoms with Crippen LogP contribution in [-0.2, 0) is 5.41 Å². The maximum absolute atomic E-state index is 6.42. The predicted octanol–water partition coefficient (Wildman–Crippen LogP) is 17.7. The van der Waals surface area contributed by atoms with Crippen molar-refractivity contribution in [2.45, 2.75) is 19.3 Å². The highest BCUT2D eigenvalue weighted by molar-refractivity contribution is 6.09. The molecular weight excluding hydrogens is 787 g/mol. The zero-order valence-electron chi connectivity index (χ0n) is 36.4. The van der Waals surface area contributed by atoms with E-state index in [9.17, 15) is 0 Å². The predicted molar refractivity (Wildman–Crippen MR) is 273 cm³/mol. The molecule has 0 radical (unpaired) electrons. The zero-order chi connectivity index (χ0) is 43.5. The summed E-state index contributed by atoms with van der Waals surface area (Å²) < 4.78 is 6.42. The van der Waals surface area contributed by atoms with Crippen LogP contribution < -0.4 is 4.90 Å². The van der Waals surface area contributed by atoms with Crippen molar-refractivity contribution in [2.24, 2.45) is 0 Å². The van der Waals surface area contributed by atoms with Gasteiger partial charge in [0.25, 0.3) is 0 Å². The van der Waals surface area contributed by atoms with Gasteiger partial charge in [-0.05, 0) is 127 Å². The average molecular weight is 832 g/mol. The molecule has 0 N–H and O–H groups in total. The van der Waals surface area contributed by atoms with Crippen molar-refractivity contribution in [3.05, 3.63) is 248 Å². The summed E-state index contributed by atoms with van der Waals surface area (Å²) in [5.74, 6) is 0. The smallest absolute Gasteiger partial charge is 0.143 e. The molecule has 2 nitrogen and oxygen atoms in total. The van der Waals surface area contributed by atoms with Gasteiger partial charge in [0.05, 0.1) is 0 Å². The molecule has 1 aliphatic rings. The van der Waals surface area contributed by atoms with E-state index < -0.39 is 0 Å². The summed E-state index contributed by atoms with van der Waals surface area (Å²) in [6.07, 6.45) is 0. The monoisotopic (exact) mass is 831 g/mol. The van der Waals surface area contributed by atoms with Gasteiger partial charge in [-0.25, -0.2) is 0 Å². The number of hydrogen-bond acceptors (Lipinski definition) is 2. The summed E-state index contributed by atoms with van der Waals surface area (Å²) in [5, 5.41) is 2.27. The van der Waals surface area contributed by atoms with Gasteiger partial charge < -0.3 is 9.32 Å². The van der Waals surface area contributed by atoms with Gasteiger partial charge in [0.15, 0.2) is 0 Å². The van der Waals surface area contributed by atoms with Crippen molar-refractivity contribution in [3.63, 3.8) is 0 Å². The highest BCUT2D eigenvalue weighted by Gasteiger charge is 2.35. The molecule has 65 heavy (non-hydrogen) atoms. The minimum atomic E-state index is 0.00354. The molecule has 1 aliphatic carbocycles. The van der Waals surface area contributed by atoms with E-state index in [4.69, 9.17) is 4.42 Å². The fraction of sp³-hybridized carbons (Fsp3) is 0.0476. The lowest BCUT2D eigenvalue weighted by atomic mass is 9.82. The van der Waals surface area contributed by atoms with Crippen molar-refractivity contribution in [2.75, 3.05) is 4.90 Å². The first kappa shape index (κ1) is 38.5. The summed E-state index contributed by atoms with van der Waals surface area (Å²) in [5.41, 5.74) is 22.4. The third-order valence-electron chi connectivity index (χ3n) is 13.5. The number of para-hydroxylation sites is 2. The normalized spacial score (nSPS) is 12.6. The zero-order valence-corrected chi connectivity index (χ0v) is 36.4. The lowest BCUT2D eigenvalue weighted by molar-refractivity contribution is 0.660. The SMILES string of the molecule is CC1(C)c2ccccc2-c2cc(-c3cccc(-c4ccc(-c5ccc(N(c6ccc(-c7ccccc7)cc6)c6ccc(-c7cccc8c7oc7ccccc78)cc6)cc5)cc4)c3)ccc21. The Hall–Kier alpha value is -8.20. The third kappa shape index (κ3) is 6.74. The van der Waals surface area contributed by atoms with E-state index in [-0.39, 0.29) is 5.41 Å². The van der Waals surface area contributed by atoms with Crippen LogP contribution >= 0.6 is 0 Å². The van der Waals surface area contributed by atoms with E-state index in [1.165, 1.54) is 66.8 Å². The second-order valence-electron chi connectivity index (χ2n) is 17.7. The summed E-state index contributed by atoms with van der Waals surface area (Å²) in [4.78, 5) is 2.33. The molecule has 0 saturated heterocycles. The molecule has 0 aliphatic heterocycles. The molecular formula is C63H45NO. The van der Waals surface area contributed by atoms with Crippen LogP contribution in [0.5, 0.6) is 0 Å². The minimum Gasteiger partial charge on any atom is -0.455 e. The Labute approximate surface area is 380 Å². The van der Waals surface area contributed by atoms with Crippen molar-refractivity contribution < 1.29 is 4.42 Å². The first-order chi connectivity index (χ1) is 32.0. The van der Waals surface area contributed by atoms with Crippen LogP contribution in [0.3, 0.4) is 0 Å². The van der Waals surface area contributed by atoms with E-state index in [1.54, 1.807) is 0 Å². The number of rotatable bonds is 8. The van der Waals surface area contributed by atoms with Gasteiger partial charge in [-0.1, -0.05) is 196 Å². The van der Waals surface area contributed by atoms with E-state index in [0.717, 1.165) is 50.1 Å². The molecule has 0 fully saturated rings. The van der Waals surface area contributed by atoms with E-state index in [0.29, 0.717) is 0 Å². The maximum atomic E-state index is 6.42. The molecule has 1 aromatic heterocycles.